The summed E-state index contributed by atoms with van der Waals surface area (Å²) in [6.07, 6.45) is 4.50. The maximum atomic E-state index is 12.6. The number of hydrogen-bond acceptors (Lipinski definition) is 5. The van der Waals surface area contributed by atoms with Crippen molar-refractivity contribution in [2.24, 2.45) is 7.05 Å². The molecule has 7 nitrogen and oxygen atoms in total. The normalized spacial score (nSPS) is 16.9. The lowest BCUT2D eigenvalue weighted by Crippen LogP contribution is -2.43. The van der Waals surface area contributed by atoms with Crippen LogP contribution in [-0.4, -0.2) is 49.0 Å². The standard InChI is InChI=1S/C18H25N5O2.2ClH/c1-19-17(13-10-20-22(2)11-13)18(24)21-14-7-8-23(12-14)15-5-4-6-16(9-15)25-3;;/h4-6,9-11,14,17,19H,7-8,12H2,1-3H3,(H,21,24);2*1H. The highest BCUT2D eigenvalue weighted by Crippen LogP contribution is 2.25. The van der Waals surface area contributed by atoms with Gasteiger partial charge in [0.15, 0.2) is 0 Å². The van der Waals surface area contributed by atoms with Crippen LogP contribution in [0.5, 0.6) is 5.75 Å². The maximum absolute atomic E-state index is 12.6. The zero-order valence-corrected chi connectivity index (χ0v) is 17.3. The van der Waals surface area contributed by atoms with Gasteiger partial charge in [0.1, 0.15) is 11.8 Å². The zero-order valence-electron chi connectivity index (χ0n) is 15.7. The summed E-state index contributed by atoms with van der Waals surface area (Å²) in [4.78, 5) is 14.9. The number of carbonyl (C=O) groups is 1. The SMILES string of the molecule is CNC(C(=O)NC1CCN(c2cccc(OC)c2)C1)c1cnn(C)c1.Cl.Cl. The number of benzene rings is 1. The quantitative estimate of drug-likeness (QED) is 0.753. The van der Waals surface area contributed by atoms with Crippen LogP contribution in [0.1, 0.15) is 18.0 Å². The molecule has 1 aliphatic heterocycles. The first-order valence-electron chi connectivity index (χ1n) is 8.46. The molecule has 0 aliphatic carbocycles. The van der Waals surface area contributed by atoms with Gasteiger partial charge in [-0.15, -0.1) is 24.8 Å². The van der Waals surface area contributed by atoms with E-state index in [1.165, 1.54) is 0 Å². The van der Waals surface area contributed by atoms with Crippen LogP contribution in [0.2, 0.25) is 0 Å². The zero-order chi connectivity index (χ0) is 17.8. The number of halogens is 2. The van der Waals surface area contributed by atoms with Gasteiger partial charge in [-0.1, -0.05) is 6.07 Å². The lowest BCUT2D eigenvalue weighted by molar-refractivity contribution is -0.123. The third-order valence-corrected chi connectivity index (χ3v) is 4.56. The predicted octanol–water partition coefficient (Wildman–Crippen LogP) is 1.93. The Balaban J connectivity index is 0.00000182. The largest absolute Gasteiger partial charge is 0.497 e. The van der Waals surface area contributed by atoms with Crippen LogP contribution in [0.25, 0.3) is 0 Å². The van der Waals surface area contributed by atoms with E-state index in [4.69, 9.17) is 4.74 Å². The fourth-order valence-corrected chi connectivity index (χ4v) is 3.24. The molecule has 2 atom stereocenters. The number of likely N-dealkylation sites (N-methyl/N-ethyl adjacent to an activating group) is 1. The van der Waals surface area contributed by atoms with Gasteiger partial charge in [-0.3, -0.25) is 9.48 Å². The van der Waals surface area contributed by atoms with Gasteiger partial charge >= 0.3 is 0 Å². The first-order chi connectivity index (χ1) is 12.1. The summed E-state index contributed by atoms with van der Waals surface area (Å²) >= 11 is 0. The predicted molar refractivity (Wildman–Crippen MR) is 111 cm³/mol. The Morgan fingerprint density at radius 2 is 2.15 bits per heavy atom. The molecule has 0 radical (unpaired) electrons. The van der Waals surface area contributed by atoms with E-state index in [2.05, 4.69) is 26.7 Å². The van der Waals surface area contributed by atoms with Crippen molar-refractivity contribution in [3.63, 3.8) is 0 Å². The number of carbonyl (C=O) groups excluding carboxylic acids is 1. The summed E-state index contributed by atoms with van der Waals surface area (Å²) in [5.74, 6) is 0.824. The summed E-state index contributed by atoms with van der Waals surface area (Å²) < 4.78 is 6.99. The highest BCUT2D eigenvalue weighted by atomic mass is 35.5. The molecule has 150 valence electrons. The molecule has 0 saturated carbocycles. The molecule has 27 heavy (non-hydrogen) atoms. The molecule has 1 amide bonds. The van der Waals surface area contributed by atoms with Crippen LogP contribution in [0.15, 0.2) is 36.7 Å². The number of nitrogens with one attached hydrogen (secondary N) is 2. The Morgan fingerprint density at radius 3 is 2.78 bits per heavy atom. The summed E-state index contributed by atoms with van der Waals surface area (Å²) in [5.41, 5.74) is 1.98. The lowest BCUT2D eigenvalue weighted by atomic mass is 10.1. The highest BCUT2D eigenvalue weighted by Gasteiger charge is 2.28. The fourth-order valence-electron chi connectivity index (χ4n) is 3.24. The van der Waals surface area contributed by atoms with Crippen LogP contribution < -0.4 is 20.3 Å². The van der Waals surface area contributed by atoms with Crippen molar-refractivity contribution in [1.29, 1.82) is 0 Å². The van der Waals surface area contributed by atoms with Crippen molar-refractivity contribution in [1.82, 2.24) is 20.4 Å². The number of nitrogens with zero attached hydrogens (tertiary/aromatic N) is 3. The molecule has 1 saturated heterocycles. The fraction of sp³-hybridized carbons (Fsp3) is 0.444. The average Bonchev–Trinajstić information content (AvgIpc) is 3.25. The topological polar surface area (TPSA) is 71.4 Å². The van der Waals surface area contributed by atoms with Gasteiger partial charge < -0.3 is 20.3 Å². The number of aryl methyl sites for hydroxylation is 1. The Bertz CT molecular complexity index is 740. The van der Waals surface area contributed by atoms with Gasteiger partial charge in [-0.05, 0) is 25.6 Å². The minimum Gasteiger partial charge on any atom is -0.497 e. The molecule has 1 aliphatic rings. The molecule has 1 aromatic heterocycles. The molecule has 0 bridgehead atoms. The second-order valence-electron chi connectivity index (χ2n) is 6.31. The molecule has 1 aromatic carbocycles. The third kappa shape index (κ3) is 5.51. The minimum atomic E-state index is -0.389. The van der Waals surface area contributed by atoms with Crippen molar-refractivity contribution in [2.45, 2.75) is 18.5 Å². The molecular formula is C18H27Cl2N5O2. The van der Waals surface area contributed by atoms with E-state index in [9.17, 15) is 4.79 Å². The van der Waals surface area contributed by atoms with Crippen LogP contribution >= 0.6 is 24.8 Å². The van der Waals surface area contributed by atoms with Crippen LogP contribution in [-0.2, 0) is 11.8 Å². The van der Waals surface area contributed by atoms with E-state index in [0.717, 1.165) is 36.5 Å². The molecule has 2 aromatic rings. The molecule has 2 unspecified atom stereocenters. The second kappa shape index (κ2) is 10.4. The Hall–Kier alpha value is -1.96. The van der Waals surface area contributed by atoms with Crippen molar-refractivity contribution < 1.29 is 9.53 Å². The number of anilines is 1. The van der Waals surface area contributed by atoms with E-state index >= 15 is 0 Å². The number of rotatable bonds is 6. The molecule has 3 rings (SSSR count). The van der Waals surface area contributed by atoms with E-state index in [0.29, 0.717) is 0 Å². The number of aromatic nitrogens is 2. The number of amides is 1. The van der Waals surface area contributed by atoms with E-state index < -0.39 is 0 Å². The summed E-state index contributed by atoms with van der Waals surface area (Å²) in [5, 5.41) is 10.4. The second-order valence-corrected chi connectivity index (χ2v) is 6.31. The smallest absolute Gasteiger partial charge is 0.242 e. The Kier molecular flexibility index (Phi) is 8.88. The highest BCUT2D eigenvalue weighted by molar-refractivity contribution is 5.85. The van der Waals surface area contributed by atoms with Gasteiger partial charge in [0.05, 0.1) is 13.3 Å². The lowest BCUT2D eigenvalue weighted by Gasteiger charge is -2.21. The van der Waals surface area contributed by atoms with Crippen molar-refractivity contribution >= 4 is 36.4 Å². The minimum absolute atomic E-state index is 0. The van der Waals surface area contributed by atoms with Gasteiger partial charge in [0.25, 0.3) is 0 Å². The molecule has 9 heteroatoms. The van der Waals surface area contributed by atoms with Crippen LogP contribution in [0, 0.1) is 0 Å². The van der Waals surface area contributed by atoms with E-state index in [1.807, 2.05) is 31.4 Å². The van der Waals surface area contributed by atoms with Crippen LogP contribution in [0.3, 0.4) is 0 Å². The monoisotopic (exact) mass is 415 g/mol. The Morgan fingerprint density at radius 1 is 1.37 bits per heavy atom. The van der Waals surface area contributed by atoms with Crippen molar-refractivity contribution in [3.8, 4) is 5.75 Å². The first-order valence-corrected chi connectivity index (χ1v) is 8.46. The van der Waals surface area contributed by atoms with E-state index in [-0.39, 0.29) is 42.8 Å². The Labute approximate surface area is 172 Å². The molecule has 2 N–H and O–H groups in total. The summed E-state index contributed by atoms with van der Waals surface area (Å²) in [7, 11) is 5.30. The third-order valence-electron chi connectivity index (χ3n) is 4.56. The summed E-state index contributed by atoms with van der Waals surface area (Å²) in [6, 6.07) is 7.75. The van der Waals surface area contributed by atoms with Gasteiger partial charge in [0.2, 0.25) is 5.91 Å². The van der Waals surface area contributed by atoms with Crippen molar-refractivity contribution in [2.75, 3.05) is 32.1 Å². The molecule has 0 spiro atoms. The van der Waals surface area contributed by atoms with Gasteiger partial charge in [-0.25, -0.2) is 0 Å². The number of methoxy groups -OCH3 is 1. The van der Waals surface area contributed by atoms with Gasteiger partial charge in [-0.2, -0.15) is 5.10 Å². The maximum Gasteiger partial charge on any atom is 0.242 e. The molecule has 2 heterocycles. The van der Waals surface area contributed by atoms with Gasteiger partial charge in [0, 0.05) is 49.7 Å². The number of hydrogen-bond donors (Lipinski definition) is 2. The summed E-state index contributed by atoms with van der Waals surface area (Å²) in [6.45, 7) is 1.71. The average molecular weight is 416 g/mol. The van der Waals surface area contributed by atoms with E-state index in [1.54, 1.807) is 25.0 Å². The molecular weight excluding hydrogens is 389 g/mol. The molecule has 1 fully saturated rings. The first kappa shape index (κ1) is 23.1. The van der Waals surface area contributed by atoms with Crippen LogP contribution in [0.4, 0.5) is 5.69 Å². The number of ether oxygens (including phenoxy) is 1. The van der Waals surface area contributed by atoms with Crippen molar-refractivity contribution in [3.05, 3.63) is 42.2 Å².